The van der Waals surface area contributed by atoms with E-state index in [0.29, 0.717) is 0 Å². The number of hydrogen-bond donors (Lipinski definition) is 1. The number of nitrogens with zero attached hydrogens (tertiary/aromatic N) is 3. The van der Waals surface area contributed by atoms with Gasteiger partial charge in [0.05, 0.1) is 24.9 Å². The van der Waals surface area contributed by atoms with Gasteiger partial charge in [-0.1, -0.05) is 13.0 Å². The Labute approximate surface area is 171 Å². The maximum Gasteiger partial charge on any atom is 0.170 e. The number of pyridine rings is 1. The Bertz CT molecular complexity index is 939. The fraction of sp³-hybridized carbons (Fsp3) is 0.273. The molecule has 0 aliphatic carbocycles. The second kappa shape index (κ2) is 8.02. The molecule has 4 rings (SSSR count). The smallest absolute Gasteiger partial charge is 0.170 e. The fourth-order valence-corrected chi connectivity index (χ4v) is 4.15. The molecule has 2 atom stereocenters. The minimum Gasteiger partial charge on any atom is -0.497 e. The van der Waals surface area contributed by atoms with E-state index < -0.39 is 0 Å². The third-order valence-corrected chi connectivity index (χ3v) is 5.45. The van der Waals surface area contributed by atoms with Crippen molar-refractivity contribution in [2.75, 3.05) is 13.7 Å². The van der Waals surface area contributed by atoms with Crippen LogP contribution in [-0.4, -0.2) is 33.2 Å². The number of methoxy groups -OCH3 is 1. The summed E-state index contributed by atoms with van der Waals surface area (Å²) in [6.07, 6.45) is 4.96. The Morgan fingerprint density at radius 2 is 1.93 bits per heavy atom. The van der Waals surface area contributed by atoms with Crippen LogP contribution in [0, 0.1) is 0 Å². The minimum atomic E-state index is 0.00662. The van der Waals surface area contributed by atoms with Gasteiger partial charge in [-0.05, 0) is 67.2 Å². The predicted molar refractivity (Wildman–Crippen MR) is 115 cm³/mol. The summed E-state index contributed by atoms with van der Waals surface area (Å²) in [6.45, 7) is 3.07. The molecule has 144 valence electrons. The molecule has 0 radical (unpaired) electrons. The predicted octanol–water partition coefficient (Wildman–Crippen LogP) is 4.26. The second-order valence-electron chi connectivity index (χ2n) is 6.82. The molecule has 1 aliphatic rings. The van der Waals surface area contributed by atoms with Gasteiger partial charge in [-0.25, -0.2) is 0 Å². The molecule has 0 unspecified atom stereocenters. The highest BCUT2D eigenvalue weighted by Gasteiger charge is 2.40. The molecular weight excluding hydrogens is 368 g/mol. The van der Waals surface area contributed by atoms with Gasteiger partial charge < -0.3 is 19.5 Å². The van der Waals surface area contributed by atoms with Gasteiger partial charge in [0.25, 0.3) is 0 Å². The zero-order chi connectivity index (χ0) is 19.5. The lowest BCUT2D eigenvalue weighted by Crippen LogP contribution is -2.31. The summed E-state index contributed by atoms with van der Waals surface area (Å²) in [4.78, 5) is 6.88. The van der Waals surface area contributed by atoms with Crippen LogP contribution in [-0.2, 0) is 0 Å². The Morgan fingerprint density at radius 1 is 1.11 bits per heavy atom. The van der Waals surface area contributed by atoms with Crippen LogP contribution < -0.4 is 10.1 Å². The number of rotatable bonds is 6. The maximum atomic E-state index is 5.69. The van der Waals surface area contributed by atoms with E-state index >= 15 is 0 Å². The largest absolute Gasteiger partial charge is 0.497 e. The molecule has 1 fully saturated rings. The molecule has 1 saturated heterocycles. The average Bonchev–Trinajstić information content (AvgIpc) is 3.34. The van der Waals surface area contributed by atoms with Crippen molar-refractivity contribution in [1.82, 2.24) is 19.8 Å². The first-order chi connectivity index (χ1) is 13.7. The van der Waals surface area contributed by atoms with Crippen LogP contribution in [0.5, 0.6) is 5.75 Å². The van der Waals surface area contributed by atoms with Crippen LogP contribution >= 0.6 is 12.2 Å². The van der Waals surface area contributed by atoms with E-state index in [9.17, 15) is 0 Å². The summed E-state index contributed by atoms with van der Waals surface area (Å²) in [6, 6.07) is 18.5. The summed E-state index contributed by atoms with van der Waals surface area (Å²) in [5, 5.41) is 4.28. The Kier molecular flexibility index (Phi) is 5.30. The molecule has 5 nitrogen and oxygen atoms in total. The lowest BCUT2D eigenvalue weighted by atomic mass is 10.0. The van der Waals surface area contributed by atoms with Gasteiger partial charge in [0.2, 0.25) is 0 Å². The third kappa shape index (κ3) is 3.36. The lowest BCUT2D eigenvalue weighted by Gasteiger charge is -2.28. The molecule has 1 N–H and O–H groups in total. The molecule has 1 aromatic carbocycles. The van der Waals surface area contributed by atoms with E-state index in [2.05, 4.69) is 63.2 Å². The highest BCUT2D eigenvalue weighted by atomic mass is 32.1. The van der Waals surface area contributed by atoms with Crippen molar-refractivity contribution in [1.29, 1.82) is 0 Å². The van der Waals surface area contributed by atoms with Gasteiger partial charge in [0.15, 0.2) is 5.11 Å². The Balaban J connectivity index is 1.77. The fourth-order valence-electron chi connectivity index (χ4n) is 3.82. The molecule has 28 heavy (non-hydrogen) atoms. The molecule has 6 heteroatoms. The van der Waals surface area contributed by atoms with E-state index in [1.807, 2.05) is 30.5 Å². The average molecular weight is 393 g/mol. The number of benzene rings is 1. The lowest BCUT2D eigenvalue weighted by molar-refractivity contribution is 0.309. The summed E-state index contributed by atoms with van der Waals surface area (Å²) in [7, 11) is 1.68. The van der Waals surface area contributed by atoms with Crippen molar-refractivity contribution in [3.63, 3.8) is 0 Å². The summed E-state index contributed by atoms with van der Waals surface area (Å²) in [5.74, 6) is 0.847. The molecule has 0 spiro atoms. The zero-order valence-electron chi connectivity index (χ0n) is 16.1. The number of aromatic nitrogens is 2. The third-order valence-electron chi connectivity index (χ3n) is 5.10. The number of nitrogens with one attached hydrogen (secondary N) is 1. The van der Waals surface area contributed by atoms with Crippen LogP contribution in [0.1, 0.15) is 36.8 Å². The van der Waals surface area contributed by atoms with Crippen molar-refractivity contribution in [2.45, 2.75) is 25.4 Å². The van der Waals surface area contributed by atoms with Crippen LogP contribution in [0.2, 0.25) is 0 Å². The number of hydrogen-bond acceptors (Lipinski definition) is 3. The van der Waals surface area contributed by atoms with Crippen LogP contribution in [0.3, 0.4) is 0 Å². The first-order valence-corrected chi connectivity index (χ1v) is 9.93. The molecule has 0 bridgehead atoms. The Hall–Kier alpha value is -2.86. The van der Waals surface area contributed by atoms with E-state index in [1.165, 1.54) is 5.69 Å². The Morgan fingerprint density at radius 3 is 2.61 bits per heavy atom. The van der Waals surface area contributed by atoms with Gasteiger partial charge in [0.1, 0.15) is 5.75 Å². The molecule has 2 aromatic heterocycles. The van der Waals surface area contributed by atoms with Crippen molar-refractivity contribution >= 4 is 17.3 Å². The molecule has 0 saturated carbocycles. The molecule has 1 aliphatic heterocycles. The first-order valence-electron chi connectivity index (χ1n) is 9.52. The molecule has 3 heterocycles. The maximum absolute atomic E-state index is 5.69. The first kappa shape index (κ1) is 18.5. The van der Waals surface area contributed by atoms with Crippen molar-refractivity contribution in [2.24, 2.45) is 0 Å². The SMILES string of the molecule is CCCN1C(=S)N[C@@H](c2ccccn2)[C@@H]1c1cccn1-c1ccc(OC)cc1. The molecule has 0 amide bonds. The normalized spacial score (nSPS) is 18.9. The van der Waals surface area contributed by atoms with Gasteiger partial charge in [-0.3, -0.25) is 4.98 Å². The van der Waals surface area contributed by atoms with E-state index in [-0.39, 0.29) is 12.1 Å². The van der Waals surface area contributed by atoms with E-state index in [4.69, 9.17) is 17.0 Å². The summed E-state index contributed by atoms with van der Waals surface area (Å²) in [5.41, 5.74) is 3.27. The summed E-state index contributed by atoms with van der Waals surface area (Å²) < 4.78 is 7.52. The summed E-state index contributed by atoms with van der Waals surface area (Å²) >= 11 is 5.69. The minimum absolute atomic E-state index is 0.00662. The van der Waals surface area contributed by atoms with Gasteiger partial charge in [0, 0.05) is 30.3 Å². The van der Waals surface area contributed by atoms with Gasteiger partial charge in [-0.2, -0.15) is 0 Å². The van der Waals surface area contributed by atoms with Crippen molar-refractivity contribution in [3.8, 4) is 11.4 Å². The van der Waals surface area contributed by atoms with Crippen LogP contribution in [0.25, 0.3) is 5.69 Å². The highest BCUT2D eigenvalue weighted by molar-refractivity contribution is 7.80. The molecular formula is C22H24N4OS. The van der Waals surface area contributed by atoms with Crippen molar-refractivity contribution in [3.05, 3.63) is 78.4 Å². The van der Waals surface area contributed by atoms with Crippen LogP contribution in [0.15, 0.2) is 67.0 Å². The van der Waals surface area contributed by atoms with Crippen molar-refractivity contribution < 1.29 is 4.74 Å². The monoisotopic (exact) mass is 392 g/mol. The zero-order valence-corrected chi connectivity index (χ0v) is 16.9. The second-order valence-corrected chi connectivity index (χ2v) is 7.21. The van der Waals surface area contributed by atoms with Crippen LogP contribution in [0.4, 0.5) is 0 Å². The topological polar surface area (TPSA) is 42.3 Å². The molecule has 3 aromatic rings. The quantitative estimate of drug-likeness (QED) is 0.635. The van der Waals surface area contributed by atoms with Gasteiger partial charge in [-0.15, -0.1) is 0 Å². The van der Waals surface area contributed by atoms with E-state index in [1.54, 1.807) is 7.11 Å². The van der Waals surface area contributed by atoms with E-state index in [0.717, 1.165) is 35.2 Å². The highest BCUT2D eigenvalue weighted by Crippen LogP contribution is 2.39. The number of ether oxygens (including phenoxy) is 1. The van der Waals surface area contributed by atoms with Gasteiger partial charge >= 0.3 is 0 Å². The standard InChI is InChI=1S/C22H24N4OS/c1-3-14-26-21(20(24-22(26)28)18-7-4-5-13-23-18)19-8-6-15-25(19)16-9-11-17(27-2)12-10-16/h4-13,15,20-21H,3,14H2,1-2H3,(H,24,28)/t20-,21-/m0/s1. The number of thiocarbonyl (C=S) groups is 1.